The Morgan fingerprint density at radius 2 is 1.77 bits per heavy atom. The maximum absolute atomic E-state index is 14.9. The number of hydrogen-bond donors (Lipinski definition) is 4. The lowest BCUT2D eigenvalue weighted by molar-refractivity contribution is -0.250. The van der Waals surface area contributed by atoms with Gasteiger partial charge in [-0.15, -0.1) is 0 Å². The minimum absolute atomic E-state index is 0.359. The summed E-state index contributed by atoms with van der Waals surface area (Å²) in [5.74, 6) is 0.273. The smallest absolute Gasteiger partial charge is 0.163 e. The fraction of sp³-hybridized carbons (Fsp3) is 0.364. The topological polar surface area (TPSA) is 104 Å². The molecule has 9 heteroatoms. The summed E-state index contributed by atoms with van der Waals surface area (Å²) in [6.45, 7) is 1.27. The van der Waals surface area contributed by atoms with Crippen LogP contribution in [0.15, 0.2) is 52.4 Å². The molecule has 31 heavy (non-hydrogen) atoms. The summed E-state index contributed by atoms with van der Waals surface area (Å²) < 4.78 is 27.4. The third-order valence-electron chi connectivity index (χ3n) is 5.52. The second-order valence-corrected chi connectivity index (χ2v) is 8.60. The van der Waals surface area contributed by atoms with Crippen molar-refractivity contribution in [1.82, 2.24) is 4.57 Å². The molecule has 0 aliphatic carbocycles. The van der Waals surface area contributed by atoms with E-state index < -0.39 is 43.1 Å². The molecule has 1 aliphatic rings. The minimum atomic E-state index is -1.53. The SMILES string of the molecule is COc1ccc(Sc2cn([C@@H]3O[C@H](CO)[C@@H](O)[C@H](O)[C@H]3O)c3c(C)ccc(F)c23)cc1. The van der Waals surface area contributed by atoms with Crippen LogP contribution in [0, 0.1) is 12.7 Å². The van der Waals surface area contributed by atoms with Crippen LogP contribution in [0.2, 0.25) is 0 Å². The first-order chi connectivity index (χ1) is 14.8. The quantitative estimate of drug-likeness (QED) is 0.474. The van der Waals surface area contributed by atoms with Gasteiger partial charge in [0.05, 0.1) is 19.2 Å². The van der Waals surface area contributed by atoms with Gasteiger partial charge in [-0.25, -0.2) is 4.39 Å². The van der Waals surface area contributed by atoms with Crippen LogP contribution in [-0.4, -0.2) is 63.1 Å². The van der Waals surface area contributed by atoms with Crippen molar-refractivity contribution in [3.63, 3.8) is 0 Å². The molecule has 1 fully saturated rings. The summed E-state index contributed by atoms with van der Waals surface area (Å²) in [6, 6.07) is 10.3. The molecule has 2 aromatic carbocycles. The number of benzene rings is 2. The van der Waals surface area contributed by atoms with Gasteiger partial charge in [0, 0.05) is 21.4 Å². The third kappa shape index (κ3) is 3.93. The molecule has 2 heterocycles. The van der Waals surface area contributed by atoms with Crippen molar-refractivity contribution in [3.8, 4) is 5.75 Å². The largest absolute Gasteiger partial charge is 0.497 e. The normalized spacial score (nSPS) is 26.4. The van der Waals surface area contributed by atoms with Crippen LogP contribution in [0.25, 0.3) is 10.9 Å². The number of ether oxygens (including phenoxy) is 2. The first kappa shape index (κ1) is 22.1. The van der Waals surface area contributed by atoms with Crippen LogP contribution in [0.3, 0.4) is 0 Å². The summed E-state index contributed by atoms with van der Waals surface area (Å²) in [5, 5.41) is 40.8. The zero-order valence-corrected chi connectivity index (χ0v) is 17.8. The number of nitrogens with zero attached hydrogens (tertiary/aromatic N) is 1. The average molecular weight is 450 g/mol. The standard InChI is InChI=1S/C22H24FNO6S/c1-11-3-8-14(23)17-16(31-13-6-4-12(29-2)5-7-13)9-24(18(11)17)22-21(28)20(27)19(26)15(10-25)30-22/h3-9,15,19-22,25-28H,10H2,1-2H3/t15-,19-,20+,21-,22-/m1/s1. The molecule has 7 nitrogen and oxygen atoms in total. The molecule has 4 N–H and O–H groups in total. The van der Waals surface area contributed by atoms with E-state index in [4.69, 9.17) is 9.47 Å². The monoisotopic (exact) mass is 449 g/mol. The van der Waals surface area contributed by atoms with Crippen LogP contribution in [0.1, 0.15) is 11.8 Å². The number of methoxy groups -OCH3 is 1. The molecular weight excluding hydrogens is 425 g/mol. The molecule has 0 bridgehead atoms. The maximum atomic E-state index is 14.9. The van der Waals surface area contributed by atoms with Crippen molar-refractivity contribution in [1.29, 1.82) is 0 Å². The summed E-state index contributed by atoms with van der Waals surface area (Å²) in [6.07, 6.45) is -5.00. The number of aromatic nitrogens is 1. The Morgan fingerprint density at radius 3 is 2.42 bits per heavy atom. The molecule has 0 radical (unpaired) electrons. The second-order valence-electron chi connectivity index (χ2n) is 7.49. The van der Waals surface area contributed by atoms with Crippen molar-refractivity contribution in [3.05, 3.63) is 54.0 Å². The van der Waals surface area contributed by atoms with Crippen molar-refractivity contribution in [2.24, 2.45) is 0 Å². The third-order valence-corrected chi connectivity index (χ3v) is 6.56. The van der Waals surface area contributed by atoms with Crippen LogP contribution in [-0.2, 0) is 4.74 Å². The van der Waals surface area contributed by atoms with Gasteiger partial charge in [0.1, 0.15) is 36.0 Å². The Balaban J connectivity index is 1.81. The Morgan fingerprint density at radius 1 is 1.06 bits per heavy atom. The van der Waals surface area contributed by atoms with E-state index in [0.717, 1.165) is 10.5 Å². The molecule has 3 aromatic rings. The Hall–Kier alpha value is -2.14. The molecule has 0 amide bonds. The number of aliphatic hydroxyl groups is 4. The van der Waals surface area contributed by atoms with Crippen LogP contribution in [0.5, 0.6) is 5.75 Å². The minimum Gasteiger partial charge on any atom is -0.497 e. The van der Waals surface area contributed by atoms with Gasteiger partial charge in [-0.3, -0.25) is 0 Å². The fourth-order valence-electron chi connectivity index (χ4n) is 3.85. The van der Waals surface area contributed by atoms with Crippen molar-refractivity contribution >= 4 is 22.7 Å². The Kier molecular flexibility index (Phi) is 6.25. The Labute approximate surface area is 182 Å². The van der Waals surface area contributed by atoms with Crippen LogP contribution < -0.4 is 4.74 Å². The highest BCUT2D eigenvalue weighted by atomic mass is 32.2. The van der Waals surface area contributed by atoms with E-state index in [2.05, 4.69) is 0 Å². The molecule has 1 saturated heterocycles. The van der Waals surface area contributed by atoms with Gasteiger partial charge < -0.3 is 34.5 Å². The van der Waals surface area contributed by atoms with Gasteiger partial charge in [-0.2, -0.15) is 0 Å². The van der Waals surface area contributed by atoms with E-state index in [-0.39, 0.29) is 0 Å². The highest BCUT2D eigenvalue weighted by Gasteiger charge is 2.44. The summed E-state index contributed by atoms with van der Waals surface area (Å²) >= 11 is 1.34. The van der Waals surface area contributed by atoms with Crippen molar-refractivity contribution in [2.75, 3.05) is 13.7 Å². The lowest BCUT2D eigenvalue weighted by Gasteiger charge is -2.40. The van der Waals surface area contributed by atoms with Gasteiger partial charge in [0.2, 0.25) is 0 Å². The van der Waals surface area contributed by atoms with E-state index in [1.54, 1.807) is 36.1 Å². The number of aliphatic hydroxyl groups excluding tert-OH is 4. The zero-order chi connectivity index (χ0) is 22.3. The van der Waals surface area contributed by atoms with Gasteiger partial charge in [-0.05, 0) is 42.8 Å². The number of halogens is 1. The first-order valence-corrected chi connectivity index (χ1v) is 10.6. The molecule has 0 unspecified atom stereocenters. The lowest BCUT2D eigenvalue weighted by Crippen LogP contribution is -2.56. The van der Waals surface area contributed by atoms with E-state index in [1.165, 1.54) is 17.8 Å². The highest BCUT2D eigenvalue weighted by molar-refractivity contribution is 7.99. The van der Waals surface area contributed by atoms with E-state index in [1.807, 2.05) is 19.1 Å². The average Bonchev–Trinajstić information content (AvgIpc) is 3.15. The van der Waals surface area contributed by atoms with Gasteiger partial charge in [0.25, 0.3) is 0 Å². The van der Waals surface area contributed by atoms with Gasteiger partial charge >= 0.3 is 0 Å². The molecule has 0 spiro atoms. The highest BCUT2D eigenvalue weighted by Crippen LogP contribution is 2.41. The van der Waals surface area contributed by atoms with Gasteiger partial charge in [-0.1, -0.05) is 17.8 Å². The predicted molar refractivity (Wildman–Crippen MR) is 113 cm³/mol. The first-order valence-electron chi connectivity index (χ1n) is 9.77. The zero-order valence-electron chi connectivity index (χ0n) is 17.0. The predicted octanol–water partition coefficient (Wildman–Crippen LogP) is 2.22. The Bertz CT molecular complexity index is 1070. The molecule has 0 saturated carbocycles. The van der Waals surface area contributed by atoms with Crippen molar-refractivity contribution in [2.45, 2.75) is 47.4 Å². The molecule has 166 valence electrons. The molecule has 1 aliphatic heterocycles. The number of fused-ring (bicyclic) bond motifs is 1. The number of hydrogen-bond acceptors (Lipinski definition) is 7. The van der Waals surface area contributed by atoms with E-state index in [9.17, 15) is 24.8 Å². The summed E-state index contributed by atoms with van der Waals surface area (Å²) in [7, 11) is 1.58. The molecule has 4 rings (SSSR count). The summed E-state index contributed by atoms with van der Waals surface area (Å²) in [5.41, 5.74) is 1.25. The molecule has 1 aromatic heterocycles. The van der Waals surface area contributed by atoms with E-state index in [0.29, 0.717) is 21.5 Å². The molecule has 5 atom stereocenters. The van der Waals surface area contributed by atoms with Crippen LogP contribution >= 0.6 is 11.8 Å². The second kappa shape index (κ2) is 8.78. The lowest BCUT2D eigenvalue weighted by atomic mass is 9.98. The molecular formula is C22H24FNO6S. The number of aryl methyl sites for hydroxylation is 1. The fourth-order valence-corrected chi connectivity index (χ4v) is 4.84. The van der Waals surface area contributed by atoms with Crippen LogP contribution in [0.4, 0.5) is 4.39 Å². The van der Waals surface area contributed by atoms with E-state index >= 15 is 0 Å². The van der Waals surface area contributed by atoms with Crippen molar-refractivity contribution < 1.29 is 34.3 Å². The number of rotatable bonds is 5. The maximum Gasteiger partial charge on any atom is 0.163 e. The van der Waals surface area contributed by atoms with Gasteiger partial charge in [0.15, 0.2) is 6.23 Å². The summed E-state index contributed by atoms with van der Waals surface area (Å²) in [4.78, 5) is 1.45.